The molecule has 1 fully saturated rings. The Morgan fingerprint density at radius 2 is 2.07 bits per heavy atom. The molecule has 1 aliphatic rings. The summed E-state index contributed by atoms with van der Waals surface area (Å²) in [5, 5.41) is 6.25. The topological polar surface area (TPSA) is 62.5 Å². The van der Waals surface area contributed by atoms with Crippen molar-refractivity contribution in [2.75, 3.05) is 18.0 Å². The van der Waals surface area contributed by atoms with Crippen LogP contribution in [0.15, 0.2) is 42.6 Å². The summed E-state index contributed by atoms with van der Waals surface area (Å²) >= 11 is 0. The van der Waals surface area contributed by atoms with Crippen LogP contribution in [0.4, 0.5) is 23.4 Å². The predicted octanol–water partition coefficient (Wildman–Crippen LogP) is 3.50. The minimum absolute atomic E-state index is 0.0818. The lowest BCUT2D eigenvalue weighted by Crippen LogP contribution is -2.34. The third kappa shape index (κ3) is 4.01. The van der Waals surface area contributed by atoms with Crippen LogP contribution in [-0.2, 0) is 0 Å². The highest BCUT2D eigenvalue weighted by Gasteiger charge is 2.30. The summed E-state index contributed by atoms with van der Waals surface area (Å²) < 4.78 is 52.0. The molecule has 1 N–H and O–H groups in total. The number of benzene rings is 1. The summed E-state index contributed by atoms with van der Waals surface area (Å²) in [6.45, 7) is -0.753. The van der Waals surface area contributed by atoms with Crippen LogP contribution in [0, 0.1) is 5.82 Å². The third-order valence-corrected chi connectivity index (χ3v) is 4.81. The van der Waals surface area contributed by atoms with E-state index >= 15 is 0 Å². The molecule has 10 heteroatoms. The smallest absolute Gasteiger partial charge is 0.348 e. The minimum Gasteiger partial charge on any atom is -0.348 e. The zero-order valence-corrected chi connectivity index (χ0v) is 15.2. The van der Waals surface area contributed by atoms with Crippen molar-refractivity contribution < 1.29 is 22.4 Å². The Morgan fingerprint density at radius 1 is 1.24 bits per heavy atom. The number of anilines is 1. The Labute approximate surface area is 163 Å². The average molecular weight is 407 g/mol. The van der Waals surface area contributed by atoms with Crippen LogP contribution in [0.3, 0.4) is 0 Å². The van der Waals surface area contributed by atoms with Gasteiger partial charge in [0.2, 0.25) is 0 Å². The number of carbonyl (C=O) groups is 1. The maximum Gasteiger partial charge on any atom is 0.405 e. The number of carbonyl (C=O) groups excluding carboxylic acids is 1. The van der Waals surface area contributed by atoms with Gasteiger partial charge in [0.1, 0.15) is 18.2 Å². The van der Waals surface area contributed by atoms with Gasteiger partial charge < -0.3 is 10.2 Å². The zero-order valence-electron chi connectivity index (χ0n) is 15.2. The molecule has 0 radical (unpaired) electrons. The Kier molecular flexibility index (Phi) is 4.85. The summed E-state index contributed by atoms with van der Waals surface area (Å²) in [6.07, 6.45) is -1.63. The summed E-state index contributed by atoms with van der Waals surface area (Å²) in [4.78, 5) is 18.2. The van der Waals surface area contributed by atoms with E-state index in [1.807, 2.05) is 16.3 Å². The number of amides is 1. The van der Waals surface area contributed by atoms with Crippen LogP contribution >= 0.6 is 0 Å². The standard InChI is InChI=1S/C19H17F4N5O/c20-13-4-1-3-12(9-13)14-5-2-8-27(14)17-7-6-16-24-10-15(28(16)26-17)18(29)25-11-19(21,22)23/h1,3-4,6-7,9-10,14H,2,5,8,11H2,(H,25,29). The van der Waals surface area contributed by atoms with Crippen molar-refractivity contribution in [3.63, 3.8) is 0 Å². The molecule has 1 atom stereocenters. The van der Waals surface area contributed by atoms with Crippen LogP contribution in [0.1, 0.15) is 34.9 Å². The quantitative estimate of drug-likeness (QED) is 0.673. The Morgan fingerprint density at radius 3 is 2.83 bits per heavy atom. The summed E-state index contributed by atoms with van der Waals surface area (Å²) in [7, 11) is 0. The van der Waals surface area contributed by atoms with Crippen molar-refractivity contribution in [2.45, 2.75) is 25.1 Å². The average Bonchev–Trinajstić information content (AvgIpc) is 3.32. The first-order chi connectivity index (χ1) is 13.8. The molecule has 3 aromatic rings. The highest BCUT2D eigenvalue weighted by molar-refractivity contribution is 5.93. The molecule has 152 valence electrons. The molecule has 1 saturated heterocycles. The normalized spacial score (nSPS) is 17.1. The van der Waals surface area contributed by atoms with Crippen LogP contribution < -0.4 is 10.2 Å². The lowest BCUT2D eigenvalue weighted by molar-refractivity contribution is -0.123. The van der Waals surface area contributed by atoms with Crippen molar-refractivity contribution >= 4 is 17.4 Å². The van der Waals surface area contributed by atoms with E-state index in [9.17, 15) is 22.4 Å². The molecule has 1 unspecified atom stereocenters. The van der Waals surface area contributed by atoms with E-state index in [-0.39, 0.29) is 17.6 Å². The second kappa shape index (κ2) is 7.34. The van der Waals surface area contributed by atoms with E-state index in [0.29, 0.717) is 18.0 Å². The van der Waals surface area contributed by atoms with E-state index in [2.05, 4.69) is 10.1 Å². The monoisotopic (exact) mass is 407 g/mol. The number of imidazole rings is 1. The summed E-state index contributed by atoms with van der Waals surface area (Å²) in [5.41, 5.74) is 1.07. The highest BCUT2D eigenvalue weighted by atomic mass is 19.4. The first-order valence-electron chi connectivity index (χ1n) is 9.04. The summed E-state index contributed by atoms with van der Waals surface area (Å²) in [5.74, 6) is -0.703. The van der Waals surface area contributed by atoms with Crippen LogP contribution in [-0.4, -0.2) is 39.8 Å². The predicted molar refractivity (Wildman–Crippen MR) is 97.1 cm³/mol. The van der Waals surface area contributed by atoms with Gasteiger partial charge in [0.05, 0.1) is 12.2 Å². The lowest BCUT2D eigenvalue weighted by Gasteiger charge is -2.26. The largest absolute Gasteiger partial charge is 0.405 e. The SMILES string of the molecule is O=C(NCC(F)(F)F)c1cnc2ccc(N3CCCC3c3cccc(F)c3)nn12. The van der Waals surface area contributed by atoms with Gasteiger partial charge in [-0.2, -0.15) is 13.2 Å². The van der Waals surface area contributed by atoms with E-state index in [4.69, 9.17) is 0 Å². The van der Waals surface area contributed by atoms with Gasteiger partial charge >= 0.3 is 6.18 Å². The van der Waals surface area contributed by atoms with E-state index < -0.39 is 18.6 Å². The molecular weight excluding hydrogens is 390 g/mol. The molecule has 1 aromatic carbocycles. The Hall–Kier alpha value is -3.17. The molecule has 0 bridgehead atoms. The maximum atomic E-state index is 13.6. The number of hydrogen-bond acceptors (Lipinski definition) is 4. The number of nitrogens with one attached hydrogen (secondary N) is 1. The Balaban J connectivity index is 1.64. The molecule has 0 spiro atoms. The number of hydrogen-bond donors (Lipinski definition) is 1. The molecule has 0 aliphatic carbocycles. The van der Waals surface area contributed by atoms with E-state index in [0.717, 1.165) is 18.4 Å². The van der Waals surface area contributed by atoms with Gasteiger partial charge in [-0.1, -0.05) is 12.1 Å². The molecule has 1 aliphatic heterocycles. The maximum absolute atomic E-state index is 13.6. The van der Waals surface area contributed by atoms with Gasteiger partial charge in [-0.15, -0.1) is 5.10 Å². The number of fused-ring (bicyclic) bond motifs is 1. The fourth-order valence-electron chi connectivity index (χ4n) is 3.54. The second-order valence-corrected chi connectivity index (χ2v) is 6.81. The molecule has 4 rings (SSSR count). The third-order valence-electron chi connectivity index (χ3n) is 4.81. The van der Waals surface area contributed by atoms with Crippen molar-refractivity contribution in [1.29, 1.82) is 0 Å². The molecular formula is C19H17F4N5O. The fourth-order valence-corrected chi connectivity index (χ4v) is 3.54. The van der Waals surface area contributed by atoms with Gasteiger partial charge in [0.15, 0.2) is 11.3 Å². The van der Waals surface area contributed by atoms with Crippen molar-refractivity contribution in [2.24, 2.45) is 0 Å². The molecule has 29 heavy (non-hydrogen) atoms. The van der Waals surface area contributed by atoms with Gasteiger partial charge in [-0.3, -0.25) is 4.79 Å². The van der Waals surface area contributed by atoms with Crippen molar-refractivity contribution in [3.8, 4) is 0 Å². The lowest BCUT2D eigenvalue weighted by atomic mass is 10.0. The molecule has 3 heterocycles. The number of nitrogens with zero attached hydrogens (tertiary/aromatic N) is 4. The second-order valence-electron chi connectivity index (χ2n) is 6.81. The zero-order chi connectivity index (χ0) is 20.6. The fraction of sp³-hybridized carbons (Fsp3) is 0.316. The van der Waals surface area contributed by atoms with Crippen LogP contribution in [0.25, 0.3) is 5.65 Å². The van der Waals surface area contributed by atoms with Gasteiger partial charge in [0.25, 0.3) is 5.91 Å². The number of alkyl halides is 3. The first-order valence-corrected chi connectivity index (χ1v) is 9.04. The van der Waals surface area contributed by atoms with Crippen LogP contribution in [0.5, 0.6) is 0 Å². The van der Waals surface area contributed by atoms with Crippen LogP contribution in [0.2, 0.25) is 0 Å². The minimum atomic E-state index is -4.51. The van der Waals surface area contributed by atoms with Crippen molar-refractivity contribution in [1.82, 2.24) is 19.9 Å². The molecule has 6 nitrogen and oxygen atoms in total. The van der Waals surface area contributed by atoms with Gasteiger partial charge in [0, 0.05) is 6.54 Å². The molecule has 1 amide bonds. The highest BCUT2D eigenvalue weighted by Crippen LogP contribution is 2.35. The summed E-state index contributed by atoms with van der Waals surface area (Å²) in [6, 6.07) is 9.65. The molecule has 2 aromatic heterocycles. The first kappa shape index (κ1) is 19.2. The van der Waals surface area contributed by atoms with Gasteiger partial charge in [-0.25, -0.2) is 13.9 Å². The molecule has 0 saturated carbocycles. The number of aromatic nitrogens is 3. The van der Waals surface area contributed by atoms with Crippen molar-refractivity contribution in [3.05, 3.63) is 59.7 Å². The van der Waals surface area contributed by atoms with E-state index in [1.165, 1.54) is 22.8 Å². The number of halogens is 4. The van der Waals surface area contributed by atoms with Gasteiger partial charge in [-0.05, 0) is 42.7 Å². The Bertz CT molecular complexity index is 1050. The van der Waals surface area contributed by atoms with E-state index in [1.54, 1.807) is 18.2 Å². The number of rotatable bonds is 4.